The normalized spacial score (nSPS) is 24.8. The highest BCUT2D eigenvalue weighted by atomic mass is 16.2. The maximum Gasteiger partial charge on any atom is 0.250 e. The van der Waals surface area contributed by atoms with Gasteiger partial charge in [0.05, 0.1) is 13.0 Å². The SMILES string of the molecule is CC(C)(C)NC(=O)CN(C(=O)[C@@]1(C)CC(=O)N=C2C=CC=CN21)C1CCCC1. The van der Waals surface area contributed by atoms with Gasteiger partial charge in [-0.05, 0) is 52.7 Å². The van der Waals surface area contributed by atoms with Crippen molar-refractivity contribution < 1.29 is 14.4 Å². The van der Waals surface area contributed by atoms with Crippen LogP contribution in [0, 0.1) is 0 Å². The average molecular weight is 386 g/mol. The van der Waals surface area contributed by atoms with Gasteiger partial charge < -0.3 is 15.1 Å². The van der Waals surface area contributed by atoms with E-state index in [4.69, 9.17) is 0 Å². The molecule has 1 aliphatic carbocycles. The Morgan fingerprint density at radius 2 is 1.96 bits per heavy atom. The number of carbonyl (C=O) groups excluding carboxylic acids is 3. The second kappa shape index (κ2) is 7.53. The maximum atomic E-state index is 13.7. The standard InChI is InChI=1S/C21H30N4O3/c1-20(2,3)23-18(27)14-24(15-9-5-6-10-15)19(28)21(4)13-17(26)22-16-11-7-8-12-25(16)21/h7-8,11-12,15H,5-6,9-10,13-14H2,1-4H3,(H,23,27)/t21-/m1/s1. The molecular formula is C21H30N4O3. The van der Waals surface area contributed by atoms with E-state index in [-0.39, 0.29) is 42.3 Å². The van der Waals surface area contributed by atoms with Crippen LogP contribution in [-0.4, -0.2) is 57.0 Å². The molecule has 1 fully saturated rings. The zero-order valence-electron chi connectivity index (χ0n) is 17.2. The minimum absolute atomic E-state index is 0.00236. The lowest BCUT2D eigenvalue weighted by atomic mass is 9.89. The van der Waals surface area contributed by atoms with E-state index in [0.717, 1.165) is 25.7 Å². The first-order valence-corrected chi connectivity index (χ1v) is 9.98. The van der Waals surface area contributed by atoms with Gasteiger partial charge in [-0.25, -0.2) is 0 Å². The predicted octanol–water partition coefficient (Wildman–Crippen LogP) is 2.15. The third kappa shape index (κ3) is 4.18. The third-order valence-electron chi connectivity index (χ3n) is 5.42. The minimum Gasteiger partial charge on any atom is -0.350 e. The molecule has 7 nitrogen and oxygen atoms in total. The van der Waals surface area contributed by atoms with Crippen molar-refractivity contribution in [3.63, 3.8) is 0 Å². The van der Waals surface area contributed by atoms with Gasteiger partial charge in [0.25, 0.3) is 5.91 Å². The van der Waals surface area contributed by atoms with Gasteiger partial charge in [-0.3, -0.25) is 14.4 Å². The summed E-state index contributed by atoms with van der Waals surface area (Å²) in [6.07, 6.45) is 11.0. The molecular weight excluding hydrogens is 356 g/mol. The quantitative estimate of drug-likeness (QED) is 0.803. The summed E-state index contributed by atoms with van der Waals surface area (Å²) in [5.74, 6) is -0.210. The first kappa shape index (κ1) is 20.3. The van der Waals surface area contributed by atoms with Crippen LogP contribution in [0.25, 0.3) is 0 Å². The van der Waals surface area contributed by atoms with E-state index >= 15 is 0 Å². The Kier molecular flexibility index (Phi) is 5.46. The predicted molar refractivity (Wildman–Crippen MR) is 107 cm³/mol. The number of hydrogen-bond donors (Lipinski definition) is 1. The van der Waals surface area contributed by atoms with E-state index in [0.29, 0.717) is 5.84 Å². The molecule has 2 heterocycles. The molecule has 3 amide bonds. The molecule has 3 rings (SSSR count). The Labute approximate surface area is 166 Å². The Morgan fingerprint density at radius 3 is 2.61 bits per heavy atom. The molecule has 28 heavy (non-hydrogen) atoms. The van der Waals surface area contributed by atoms with Crippen molar-refractivity contribution in [2.75, 3.05) is 6.54 Å². The number of hydrogen-bond acceptors (Lipinski definition) is 4. The Hall–Kier alpha value is -2.44. The fourth-order valence-electron chi connectivity index (χ4n) is 4.17. The molecule has 0 aromatic heterocycles. The Balaban J connectivity index is 1.88. The molecule has 0 bridgehead atoms. The largest absolute Gasteiger partial charge is 0.350 e. The van der Waals surface area contributed by atoms with E-state index in [2.05, 4.69) is 10.3 Å². The second-order valence-electron chi connectivity index (χ2n) is 9.05. The number of aliphatic imine (C=N–C) groups is 1. The third-order valence-corrected chi connectivity index (χ3v) is 5.42. The minimum atomic E-state index is -1.08. The molecule has 1 saturated carbocycles. The molecule has 0 unspecified atom stereocenters. The lowest BCUT2D eigenvalue weighted by Gasteiger charge is -2.45. The summed E-state index contributed by atoms with van der Waals surface area (Å²) in [4.78, 5) is 46.2. The molecule has 152 valence electrons. The van der Waals surface area contributed by atoms with Crippen molar-refractivity contribution in [1.82, 2.24) is 15.1 Å². The summed E-state index contributed by atoms with van der Waals surface area (Å²) < 4.78 is 0. The van der Waals surface area contributed by atoms with Crippen LogP contribution in [0.4, 0.5) is 0 Å². The van der Waals surface area contributed by atoms with Crippen LogP contribution in [0.15, 0.2) is 29.4 Å². The van der Waals surface area contributed by atoms with E-state index in [1.165, 1.54) is 0 Å². The van der Waals surface area contributed by atoms with Crippen LogP contribution >= 0.6 is 0 Å². The maximum absolute atomic E-state index is 13.7. The molecule has 3 aliphatic rings. The average Bonchev–Trinajstić information content (AvgIpc) is 3.11. The van der Waals surface area contributed by atoms with Crippen LogP contribution in [0.1, 0.15) is 59.8 Å². The molecule has 7 heteroatoms. The summed E-state index contributed by atoms with van der Waals surface area (Å²) in [7, 11) is 0. The number of fused-ring (bicyclic) bond motifs is 1. The zero-order chi connectivity index (χ0) is 20.5. The van der Waals surface area contributed by atoms with Gasteiger partial charge in [0.15, 0.2) is 0 Å². The number of rotatable bonds is 4. The van der Waals surface area contributed by atoms with E-state index < -0.39 is 5.54 Å². The number of nitrogens with one attached hydrogen (secondary N) is 1. The van der Waals surface area contributed by atoms with Crippen LogP contribution < -0.4 is 5.32 Å². The summed E-state index contributed by atoms with van der Waals surface area (Å²) in [6.45, 7) is 7.53. The van der Waals surface area contributed by atoms with Crippen molar-refractivity contribution in [2.24, 2.45) is 4.99 Å². The van der Waals surface area contributed by atoms with Gasteiger partial charge in [-0.1, -0.05) is 18.9 Å². The highest BCUT2D eigenvalue weighted by molar-refractivity contribution is 6.09. The Morgan fingerprint density at radius 1 is 1.29 bits per heavy atom. The van der Waals surface area contributed by atoms with E-state index in [1.807, 2.05) is 26.8 Å². The van der Waals surface area contributed by atoms with Gasteiger partial charge in [0.2, 0.25) is 11.8 Å². The fraction of sp³-hybridized carbons (Fsp3) is 0.619. The second-order valence-corrected chi connectivity index (χ2v) is 9.05. The van der Waals surface area contributed by atoms with E-state index in [1.54, 1.807) is 35.1 Å². The highest BCUT2D eigenvalue weighted by Gasteiger charge is 2.48. The van der Waals surface area contributed by atoms with Gasteiger partial charge >= 0.3 is 0 Å². The van der Waals surface area contributed by atoms with Crippen molar-refractivity contribution in [1.29, 1.82) is 0 Å². The summed E-state index contributed by atoms with van der Waals surface area (Å²) >= 11 is 0. The molecule has 0 aromatic carbocycles. The zero-order valence-corrected chi connectivity index (χ0v) is 17.2. The number of carbonyl (C=O) groups is 3. The van der Waals surface area contributed by atoms with Crippen molar-refractivity contribution in [3.8, 4) is 0 Å². The lowest BCUT2D eigenvalue weighted by molar-refractivity contribution is -0.148. The number of amidine groups is 1. The van der Waals surface area contributed by atoms with Crippen molar-refractivity contribution in [2.45, 2.75) is 76.9 Å². The van der Waals surface area contributed by atoms with E-state index in [9.17, 15) is 14.4 Å². The number of nitrogens with zero attached hydrogens (tertiary/aromatic N) is 3. The van der Waals surface area contributed by atoms with Gasteiger partial charge in [-0.15, -0.1) is 0 Å². The van der Waals surface area contributed by atoms with Crippen molar-refractivity contribution in [3.05, 3.63) is 24.4 Å². The molecule has 2 aliphatic heterocycles. The first-order chi connectivity index (χ1) is 13.1. The molecule has 0 saturated heterocycles. The lowest BCUT2D eigenvalue weighted by Crippen LogP contribution is -2.63. The molecule has 0 radical (unpaired) electrons. The first-order valence-electron chi connectivity index (χ1n) is 9.98. The monoisotopic (exact) mass is 386 g/mol. The number of allylic oxidation sites excluding steroid dienone is 2. The summed E-state index contributed by atoms with van der Waals surface area (Å²) in [5, 5.41) is 2.95. The molecule has 1 atom stereocenters. The smallest absolute Gasteiger partial charge is 0.250 e. The summed E-state index contributed by atoms with van der Waals surface area (Å²) in [5.41, 5.74) is -1.45. The number of amides is 3. The molecule has 1 N–H and O–H groups in total. The summed E-state index contributed by atoms with van der Waals surface area (Å²) in [6, 6.07) is 0.0248. The van der Waals surface area contributed by atoms with Crippen LogP contribution in [0.3, 0.4) is 0 Å². The van der Waals surface area contributed by atoms with Crippen LogP contribution in [0.5, 0.6) is 0 Å². The highest BCUT2D eigenvalue weighted by Crippen LogP contribution is 2.33. The topological polar surface area (TPSA) is 82.1 Å². The molecule has 0 spiro atoms. The van der Waals surface area contributed by atoms with Crippen molar-refractivity contribution >= 4 is 23.6 Å². The molecule has 0 aromatic rings. The van der Waals surface area contributed by atoms with Crippen LogP contribution in [0.2, 0.25) is 0 Å². The Bertz CT molecular complexity index is 756. The van der Waals surface area contributed by atoms with Crippen LogP contribution in [-0.2, 0) is 14.4 Å². The van der Waals surface area contributed by atoms with Gasteiger partial charge in [0.1, 0.15) is 11.4 Å². The van der Waals surface area contributed by atoms with Gasteiger partial charge in [-0.2, -0.15) is 4.99 Å². The fourth-order valence-corrected chi connectivity index (χ4v) is 4.17. The van der Waals surface area contributed by atoms with Gasteiger partial charge in [0, 0.05) is 17.8 Å².